The highest BCUT2D eigenvalue weighted by Gasteiger charge is 2.48. The van der Waals surface area contributed by atoms with Crippen molar-refractivity contribution in [1.29, 1.82) is 0 Å². The van der Waals surface area contributed by atoms with Crippen LogP contribution in [-0.2, 0) is 18.9 Å². The zero-order valence-electron chi connectivity index (χ0n) is 12.6. The van der Waals surface area contributed by atoms with Gasteiger partial charge >= 0.3 is 0 Å². The summed E-state index contributed by atoms with van der Waals surface area (Å²) in [4.78, 5) is 0. The third kappa shape index (κ3) is 3.28. The monoisotopic (exact) mass is 324 g/mol. The van der Waals surface area contributed by atoms with Crippen LogP contribution in [0.1, 0.15) is 13.8 Å². The second-order valence-corrected chi connectivity index (χ2v) is 5.71. The molecule has 9 heteroatoms. The van der Waals surface area contributed by atoms with Gasteiger partial charge in [0.05, 0.1) is 12.2 Å². The SMILES string of the molecule is CO[C@@H]1O[C@H](C)[C@@H](O[C@@H]2O[C@H](C)[C@@H](O)[C@H](O)[C@H]2O)[C@H](O)[C@H]1O. The fraction of sp³-hybridized carbons (Fsp3) is 1.00. The molecule has 2 heterocycles. The quantitative estimate of drug-likeness (QED) is 0.376. The third-order valence-electron chi connectivity index (χ3n) is 4.11. The summed E-state index contributed by atoms with van der Waals surface area (Å²) in [5.74, 6) is 0. The van der Waals surface area contributed by atoms with Gasteiger partial charge in [-0.3, -0.25) is 0 Å². The number of rotatable bonds is 3. The molecule has 0 aliphatic carbocycles. The maximum atomic E-state index is 10.1. The predicted molar refractivity (Wildman–Crippen MR) is 70.6 cm³/mol. The lowest BCUT2D eigenvalue weighted by Gasteiger charge is -2.45. The highest BCUT2D eigenvalue weighted by Crippen LogP contribution is 2.28. The van der Waals surface area contributed by atoms with Crippen LogP contribution in [0.15, 0.2) is 0 Å². The minimum atomic E-state index is -1.50. The van der Waals surface area contributed by atoms with Crippen molar-refractivity contribution < 1.29 is 44.5 Å². The fourth-order valence-electron chi connectivity index (χ4n) is 2.67. The molecule has 0 spiro atoms. The molecule has 2 rings (SSSR count). The average molecular weight is 324 g/mol. The second kappa shape index (κ2) is 7.04. The summed E-state index contributed by atoms with van der Waals surface area (Å²) in [5.41, 5.74) is 0. The fourth-order valence-corrected chi connectivity index (χ4v) is 2.67. The summed E-state index contributed by atoms with van der Waals surface area (Å²) in [5, 5.41) is 49.3. The van der Waals surface area contributed by atoms with Crippen LogP contribution in [-0.4, -0.2) is 94.1 Å². The smallest absolute Gasteiger partial charge is 0.187 e. The van der Waals surface area contributed by atoms with Crippen molar-refractivity contribution in [2.24, 2.45) is 0 Å². The van der Waals surface area contributed by atoms with E-state index in [9.17, 15) is 25.5 Å². The molecule has 0 bridgehead atoms. The molecular weight excluding hydrogens is 300 g/mol. The van der Waals surface area contributed by atoms with E-state index >= 15 is 0 Å². The first kappa shape index (κ1) is 18.0. The molecule has 2 aliphatic rings. The molecule has 0 amide bonds. The van der Waals surface area contributed by atoms with Crippen molar-refractivity contribution in [3.05, 3.63) is 0 Å². The molecule has 10 atom stereocenters. The molecule has 5 N–H and O–H groups in total. The van der Waals surface area contributed by atoms with Gasteiger partial charge in [0.25, 0.3) is 0 Å². The van der Waals surface area contributed by atoms with Crippen LogP contribution in [0.4, 0.5) is 0 Å². The van der Waals surface area contributed by atoms with Gasteiger partial charge in [-0.1, -0.05) is 0 Å². The van der Waals surface area contributed by atoms with Gasteiger partial charge in [0.2, 0.25) is 0 Å². The molecule has 9 nitrogen and oxygen atoms in total. The highest BCUT2D eigenvalue weighted by atomic mass is 16.7. The Morgan fingerprint density at radius 2 is 1.23 bits per heavy atom. The number of hydrogen-bond acceptors (Lipinski definition) is 9. The zero-order chi connectivity index (χ0) is 16.6. The first-order chi connectivity index (χ1) is 10.3. The summed E-state index contributed by atoms with van der Waals surface area (Å²) in [6.45, 7) is 3.12. The summed E-state index contributed by atoms with van der Waals surface area (Å²) in [6, 6.07) is 0. The average Bonchev–Trinajstić information content (AvgIpc) is 2.49. The van der Waals surface area contributed by atoms with E-state index < -0.39 is 61.4 Å². The molecule has 0 aromatic rings. The topological polar surface area (TPSA) is 138 Å². The molecule has 0 aromatic heterocycles. The molecule has 130 valence electrons. The zero-order valence-corrected chi connectivity index (χ0v) is 12.6. The lowest BCUT2D eigenvalue weighted by molar-refractivity contribution is -0.350. The lowest BCUT2D eigenvalue weighted by Crippen LogP contribution is -2.63. The first-order valence-corrected chi connectivity index (χ1v) is 7.17. The van der Waals surface area contributed by atoms with Crippen LogP contribution in [0.3, 0.4) is 0 Å². The van der Waals surface area contributed by atoms with Crippen LogP contribution >= 0.6 is 0 Å². The van der Waals surface area contributed by atoms with E-state index in [0.29, 0.717) is 0 Å². The summed E-state index contributed by atoms with van der Waals surface area (Å²) < 4.78 is 21.1. The first-order valence-electron chi connectivity index (χ1n) is 7.17. The standard InChI is InChI=1S/C13H24O9/c1-4-6(14)7(15)9(17)13(20-4)22-11-5(2)21-12(19-3)10(18)8(11)16/h4-18H,1-3H3/t4-,5-,6-,7+,8-,9-,10-,11-,12-,13+/m1/s1. The van der Waals surface area contributed by atoms with E-state index in [1.165, 1.54) is 14.0 Å². The maximum Gasteiger partial charge on any atom is 0.187 e. The minimum Gasteiger partial charge on any atom is -0.388 e. The van der Waals surface area contributed by atoms with Crippen LogP contribution in [0.2, 0.25) is 0 Å². The van der Waals surface area contributed by atoms with Crippen LogP contribution in [0.25, 0.3) is 0 Å². The van der Waals surface area contributed by atoms with Crippen molar-refractivity contribution in [3.8, 4) is 0 Å². The number of methoxy groups -OCH3 is 1. The van der Waals surface area contributed by atoms with Gasteiger partial charge in [-0.05, 0) is 13.8 Å². The van der Waals surface area contributed by atoms with Crippen LogP contribution in [0, 0.1) is 0 Å². The molecular formula is C13H24O9. The predicted octanol–water partition coefficient (Wildman–Crippen LogP) is -2.69. The van der Waals surface area contributed by atoms with Crippen molar-refractivity contribution in [2.75, 3.05) is 7.11 Å². The number of hydrogen-bond donors (Lipinski definition) is 5. The van der Waals surface area contributed by atoms with E-state index in [-0.39, 0.29) is 0 Å². The molecule has 22 heavy (non-hydrogen) atoms. The maximum absolute atomic E-state index is 10.1. The molecule has 2 fully saturated rings. The lowest BCUT2D eigenvalue weighted by atomic mass is 9.97. The Bertz CT molecular complexity index is 367. The van der Waals surface area contributed by atoms with E-state index in [4.69, 9.17) is 18.9 Å². The van der Waals surface area contributed by atoms with E-state index in [2.05, 4.69) is 0 Å². The van der Waals surface area contributed by atoms with Gasteiger partial charge in [0.1, 0.15) is 36.6 Å². The largest absolute Gasteiger partial charge is 0.388 e. The van der Waals surface area contributed by atoms with Crippen molar-refractivity contribution in [2.45, 2.75) is 75.3 Å². The van der Waals surface area contributed by atoms with Gasteiger partial charge in [-0.2, -0.15) is 0 Å². The summed E-state index contributed by atoms with van der Waals surface area (Å²) in [7, 11) is 1.34. The number of aliphatic hydroxyl groups excluding tert-OH is 5. The van der Waals surface area contributed by atoms with Gasteiger partial charge in [-0.15, -0.1) is 0 Å². The Morgan fingerprint density at radius 3 is 1.82 bits per heavy atom. The van der Waals surface area contributed by atoms with Crippen molar-refractivity contribution in [3.63, 3.8) is 0 Å². The van der Waals surface area contributed by atoms with Crippen LogP contribution < -0.4 is 0 Å². The van der Waals surface area contributed by atoms with E-state index in [0.717, 1.165) is 0 Å². The Morgan fingerprint density at radius 1 is 0.682 bits per heavy atom. The van der Waals surface area contributed by atoms with Crippen molar-refractivity contribution in [1.82, 2.24) is 0 Å². The van der Waals surface area contributed by atoms with Crippen molar-refractivity contribution >= 4 is 0 Å². The van der Waals surface area contributed by atoms with E-state index in [1.807, 2.05) is 0 Å². The molecule has 0 radical (unpaired) electrons. The Balaban J connectivity index is 2.06. The van der Waals surface area contributed by atoms with Crippen LogP contribution in [0.5, 0.6) is 0 Å². The third-order valence-corrected chi connectivity index (χ3v) is 4.11. The van der Waals surface area contributed by atoms with Gasteiger partial charge in [0.15, 0.2) is 12.6 Å². The highest BCUT2D eigenvalue weighted by molar-refractivity contribution is 4.92. The van der Waals surface area contributed by atoms with Gasteiger partial charge in [-0.25, -0.2) is 0 Å². The van der Waals surface area contributed by atoms with Gasteiger partial charge < -0.3 is 44.5 Å². The Kier molecular flexibility index (Phi) is 5.75. The minimum absolute atomic E-state index is 0.654. The second-order valence-electron chi connectivity index (χ2n) is 5.71. The van der Waals surface area contributed by atoms with E-state index in [1.54, 1.807) is 6.92 Å². The normalized spacial score (nSPS) is 53.5. The molecule has 2 aliphatic heterocycles. The summed E-state index contributed by atoms with van der Waals surface area (Å²) in [6.07, 6.45) is -11.5. The Hall–Kier alpha value is -0.360. The number of ether oxygens (including phenoxy) is 4. The Labute approximate surface area is 128 Å². The molecule has 2 saturated heterocycles. The molecule has 0 unspecified atom stereocenters. The van der Waals surface area contributed by atoms with Gasteiger partial charge in [0, 0.05) is 7.11 Å². The summed E-state index contributed by atoms with van der Waals surface area (Å²) >= 11 is 0. The number of aliphatic hydroxyl groups is 5. The molecule has 0 saturated carbocycles. The molecule has 0 aromatic carbocycles.